The molecule has 0 saturated heterocycles. The van der Waals surface area contributed by atoms with Gasteiger partial charge in [-0.15, -0.1) is 0 Å². The van der Waals surface area contributed by atoms with Gasteiger partial charge >= 0.3 is 11.9 Å². The van der Waals surface area contributed by atoms with Crippen molar-refractivity contribution in [2.24, 2.45) is 0 Å². The Balaban J connectivity index is 3.05. The minimum Gasteiger partial charge on any atom is -0.478 e. The molecule has 1 aromatic rings. The van der Waals surface area contributed by atoms with Crippen molar-refractivity contribution < 1.29 is 19.8 Å². The number of aromatic carboxylic acids is 2. The molecule has 0 unspecified atom stereocenters. The van der Waals surface area contributed by atoms with Gasteiger partial charge in [0.1, 0.15) is 0 Å². The summed E-state index contributed by atoms with van der Waals surface area (Å²) in [6.07, 6.45) is 4.76. The monoisotopic (exact) mass is 264 g/mol. The van der Waals surface area contributed by atoms with Gasteiger partial charge in [0, 0.05) is 0 Å². The number of benzene rings is 1. The first-order valence-corrected chi connectivity index (χ1v) is 6.58. The third-order valence-corrected chi connectivity index (χ3v) is 3.34. The van der Waals surface area contributed by atoms with E-state index < -0.39 is 11.9 Å². The lowest BCUT2D eigenvalue weighted by molar-refractivity contribution is 0.0679. The van der Waals surface area contributed by atoms with Crippen molar-refractivity contribution in [1.82, 2.24) is 0 Å². The van der Waals surface area contributed by atoms with E-state index in [9.17, 15) is 14.7 Å². The highest BCUT2D eigenvalue weighted by molar-refractivity contribution is 5.94. The first-order chi connectivity index (χ1) is 8.99. The summed E-state index contributed by atoms with van der Waals surface area (Å²) in [6.45, 7) is 3.80. The first-order valence-electron chi connectivity index (χ1n) is 6.58. The van der Waals surface area contributed by atoms with E-state index in [4.69, 9.17) is 5.11 Å². The minimum atomic E-state index is -1.01. The highest BCUT2D eigenvalue weighted by atomic mass is 16.4. The highest BCUT2D eigenvalue weighted by Crippen LogP contribution is 2.22. The van der Waals surface area contributed by atoms with Crippen LogP contribution in [-0.4, -0.2) is 22.2 Å². The summed E-state index contributed by atoms with van der Waals surface area (Å²) in [4.78, 5) is 22.3. The standard InChI is InChI=1S/C15H20O4/c1-3-4-5-6-7-11-10(2)12(14(16)17)8-9-13(11)15(18)19/h8-9H,3-7H2,1-2H3,(H,16,17)(H,18,19). The Morgan fingerprint density at radius 2 is 1.58 bits per heavy atom. The fraction of sp³-hybridized carbons (Fsp3) is 0.467. The Bertz CT molecular complexity index is 477. The Morgan fingerprint density at radius 3 is 2.11 bits per heavy atom. The van der Waals surface area contributed by atoms with Crippen LogP contribution in [-0.2, 0) is 6.42 Å². The van der Waals surface area contributed by atoms with Crippen LogP contribution < -0.4 is 0 Å². The maximum Gasteiger partial charge on any atom is 0.335 e. The van der Waals surface area contributed by atoms with E-state index in [1.165, 1.54) is 12.1 Å². The molecule has 0 aromatic heterocycles. The van der Waals surface area contributed by atoms with Gasteiger partial charge in [-0.25, -0.2) is 9.59 Å². The molecule has 0 atom stereocenters. The van der Waals surface area contributed by atoms with E-state index in [0.29, 0.717) is 17.5 Å². The topological polar surface area (TPSA) is 74.6 Å². The summed E-state index contributed by atoms with van der Waals surface area (Å²) in [6, 6.07) is 2.77. The van der Waals surface area contributed by atoms with E-state index in [2.05, 4.69) is 6.92 Å². The number of carboxylic acid groups (broad SMARTS) is 2. The molecule has 19 heavy (non-hydrogen) atoms. The predicted molar refractivity (Wildman–Crippen MR) is 72.9 cm³/mol. The molecular formula is C15H20O4. The summed E-state index contributed by atoms with van der Waals surface area (Å²) in [5.41, 5.74) is 1.64. The first kappa shape index (κ1) is 15.2. The van der Waals surface area contributed by atoms with Gasteiger partial charge < -0.3 is 10.2 Å². The molecule has 2 N–H and O–H groups in total. The molecule has 0 amide bonds. The lowest BCUT2D eigenvalue weighted by Gasteiger charge is -2.12. The van der Waals surface area contributed by atoms with Crippen molar-refractivity contribution >= 4 is 11.9 Å². The SMILES string of the molecule is CCCCCCc1c(C(=O)O)ccc(C(=O)O)c1C. The molecule has 0 aliphatic carbocycles. The zero-order valence-corrected chi connectivity index (χ0v) is 11.4. The van der Waals surface area contributed by atoms with Crippen LogP contribution in [0.1, 0.15) is 64.4 Å². The Morgan fingerprint density at radius 1 is 1.00 bits per heavy atom. The molecule has 4 nitrogen and oxygen atoms in total. The van der Waals surface area contributed by atoms with Crippen LogP contribution >= 0.6 is 0 Å². The fourth-order valence-corrected chi connectivity index (χ4v) is 2.24. The molecule has 0 radical (unpaired) electrons. The number of carboxylic acids is 2. The summed E-state index contributed by atoms with van der Waals surface area (Å²) in [5, 5.41) is 18.3. The van der Waals surface area contributed by atoms with Crippen LogP contribution in [0.3, 0.4) is 0 Å². The molecule has 0 fully saturated rings. The number of hydrogen-bond acceptors (Lipinski definition) is 2. The second-order valence-electron chi connectivity index (χ2n) is 4.69. The third-order valence-electron chi connectivity index (χ3n) is 3.34. The van der Waals surface area contributed by atoms with E-state index in [0.717, 1.165) is 25.7 Å². The quantitative estimate of drug-likeness (QED) is 0.739. The molecule has 0 aliphatic heterocycles. The molecular weight excluding hydrogens is 244 g/mol. The maximum absolute atomic E-state index is 11.2. The molecule has 0 heterocycles. The van der Waals surface area contributed by atoms with E-state index in [1.807, 2.05) is 0 Å². The van der Waals surface area contributed by atoms with E-state index in [1.54, 1.807) is 6.92 Å². The Hall–Kier alpha value is -1.84. The van der Waals surface area contributed by atoms with Gasteiger partial charge in [0.25, 0.3) is 0 Å². The number of unbranched alkanes of at least 4 members (excludes halogenated alkanes) is 3. The molecule has 0 bridgehead atoms. The molecule has 4 heteroatoms. The average molecular weight is 264 g/mol. The van der Waals surface area contributed by atoms with Crippen LogP contribution in [0.2, 0.25) is 0 Å². The Kier molecular flexibility index (Phi) is 5.55. The minimum absolute atomic E-state index is 0.190. The zero-order valence-electron chi connectivity index (χ0n) is 11.4. The number of carbonyl (C=O) groups is 2. The van der Waals surface area contributed by atoms with E-state index >= 15 is 0 Å². The van der Waals surface area contributed by atoms with Gasteiger partial charge in [-0.1, -0.05) is 26.2 Å². The largest absolute Gasteiger partial charge is 0.478 e. The van der Waals surface area contributed by atoms with Crippen molar-refractivity contribution in [3.63, 3.8) is 0 Å². The highest BCUT2D eigenvalue weighted by Gasteiger charge is 2.17. The molecule has 0 spiro atoms. The predicted octanol–water partition coefficient (Wildman–Crippen LogP) is 3.51. The lowest BCUT2D eigenvalue weighted by atomic mass is 9.93. The van der Waals surface area contributed by atoms with Gasteiger partial charge in [-0.05, 0) is 43.0 Å². The van der Waals surface area contributed by atoms with Crippen LogP contribution in [0.25, 0.3) is 0 Å². The van der Waals surface area contributed by atoms with Gasteiger partial charge in [0.05, 0.1) is 11.1 Å². The summed E-state index contributed by atoms with van der Waals surface area (Å²) in [7, 11) is 0. The fourth-order valence-electron chi connectivity index (χ4n) is 2.24. The van der Waals surface area contributed by atoms with Gasteiger partial charge in [-0.3, -0.25) is 0 Å². The molecule has 0 aliphatic rings. The van der Waals surface area contributed by atoms with Crippen molar-refractivity contribution in [3.05, 3.63) is 34.4 Å². The summed E-state index contributed by atoms with van der Waals surface area (Å²) < 4.78 is 0. The molecule has 1 aromatic carbocycles. The normalized spacial score (nSPS) is 10.4. The van der Waals surface area contributed by atoms with Crippen LogP contribution in [0.15, 0.2) is 12.1 Å². The van der Waals surface area contributed by atoms with Gasteiger partial charge in [0.15, 0.2) is 0 Å². The maximum atomic E-state index is 11.2. The van der Waals surface area contributed by atoms with Gasteiger partial charge in [0.2, 0.25) is 0 Å². The van der Waals surface area contributed by atoms with Crippen molar-refractivity contribution in [2.45, 2.75) is 46.0 Å². The lowest BCUT2D eigenvalue weighted by Crippen LogP contribution is -2.09. The zero-order chi connectivity index (χ0) is 14.4. The van der Waals surface area contributed by atoms with Crippen molar-refractivity contribution in [2.75, 3.05) is 0 Å². The summed E-state index contributed by atoms with van der Waals surface area (Å²) in [5.74, 6) is -2.00. The molecule has 1 rings (SSSR count). The molecule has 104 valence electrons. The Labute approximate surface area is 113 Å². The van der Waals surface area contributed by atoms with Crippen LogP contribution in [0.4, 0.5) is 0 Å². The smallest absolute Gasteiger partial charge is 0.335 e. The average Bonchev–Trinajstić information content (AvgIpc) is 2.35. The summed E-state index contributed by atoms with van der Waals surface area (Å²) >= 11 is 0. The van der Waals surface area contributed by atoms with Gasteiger partial charge in [-0.2, -0.15) is 0 Å². The van der Waals surface area contributed by atoms with Crippen molar-refractivity contribution in [1.29, 1.82) is 0 Å². The van der Waals surface area contributed by atoms with Crippen LogP contribution in [0.5, 0.6) is 0 Å². The van der Waals surface area contributed by atoms with Crippen molar-refractivity contribution in [3.8, 4) is 0 Å². The second-order valence-corrected chi connectivity index (χ2v) is 4.69. The number of rotatable bonds is 7. The number of hydrogen-bond donors (Lipinski definition) is 2. The molecule has 0 saturated carbocycles. The van der Waals surface area contributed by atoms with E-state index in [-0.39, 0.29) is 11.1 Å². The van der Waals surface area contributed by atoms with Crippen LogP contribution in [0, 0.1) is 6.92 Å². The second kappa shape index (κ2) is 6.92. The third kappa shape index (κ3) is 3.81.